The molecule has 234 valence electrons. The first-order valence-electron chi connectivity index (χ1n) is 15.0. The Kier molecular flexibility index (Phi) is 13.1. The number of benzene rings is 3. The first kappa shape index (κ1) is 34.2. The minimum Gasteiger partial charge on any atom is -0.506 e. The Hall–Kier alpha value is -3.30. The summed E-state index contributed by atoms with van der Waals surface area (Å²) >= 11 is 6.37. The van der Waals surface area contributed by atoms with Gasteiger partial charge in [0, 0.05) is 30.0 Å². The van der Waals surface area contributed by atoms with Gasteiger partial charge in [0.15, 0.2) is 15.9 Å². The van der Waals surface area contributed by atoms with Crippen molar-refractivity contribution in [1.29, 1.82) is 0 Å². The largest absolute Gasteiger partial charge is 0.506 e. The van der Waals surface area contributed by atoms with Crippen LogP contribution in [-0.4, -0.2) is 37.7 Å². The van der Waals surface area contributed by atoms with Crippen LogP contribution in [0.4, 0.5) is 11.4 Å². The van der Waals surface area contributed by atoms with Crippen molar-refractivity contribution in [2.45, 2.75) is 95.5 Å². The number of sulfone groups is 1. The number of aromatic hydroxyl groups is 1. The van der Waals surface area contributed by atoms with Crippen molar-refractivity contribution in [2.75, 3.05) is 16.9 Å². The number of fused-ring (bicyclic) bond motifs is 1. The van der Waals surface area contributed by atoms with Crippen molar-refractivity contribution in [3.8, 4) is 11.5 Å². The second-order valence-corrected chi connectivity index (χ2v) is 13.4. The monoisotopic (exact) mass is 630 g/mol. The van der Waals surface area contributed by atoms with E-state index >= 15 is 0 Å². The van der Waals surface area contributed by atoms with E-state index < -0.39 is 21.8 Å². The number of hydrogen-bond donors (Lipinski definition) is 3. The molecule has 3 N–H and O–H groups in total. The molecule has 1 unspecified atom stereocenters. The molecule has 10 heteroatoms. The molecule has 1 atom stereocenters. The number of hydrogen-bond acceptors (Lipinski definition) is 6. The third-order valence-corrected chi connectivity index (χ3v) is 8.74. The van der Waals surface area contributed by atoms with Gasteiger partial charge in [-0.3, -0.25) is 9.59 Å². The van der Waals surface area contributed by atoms with Crippen LogP contribution in [0.5, 0.6) is 11.5 Å². The van der Waals surface area contributed by atoms with E-state index in [4.69, 9.17) is 16.3 Å². The molecule has 8 nitrogen and oxygen atoms in total. The Morgan fingerprint density at radius 2 is 1.47 bits per heavy atom. The zero-order valence-electron chi connectivity index (χ0n) is 25.2. The van der Waals surface area contributed by atoms with Crippen molar-refractivity contribution in [3.05, 3.63) is 53.6 Å². The van der Waals surface area contributed by atoms with Crippen LogP contribution in [0.2, 0.25) is 5.02 Å². The summed E-state index contributed by atoms with van der Waals surface area (Å²) in [6.45, 7) is 3.53. The van der Waals surface area contributed by atoms with Gasteiger partial charge in [0.2, 0.25) is 5.91 Å². The standard InChI is InChI=1S/C33H43ClN2O6S/c1-4-5-6-7-8-9-10-11-12-13-18-31(33(39)36-27-22-29(38)28(21-26(27)34)35-23(2)37)42-30-19-14-17-25-24(30)16-15-20-32(25)43(3,40)41/h14-17,19-22,31,38H,4-13,18H2,1-3H3,(H,35,37)(H,36,39). The smallest absolute Gasteiger partial charge is 0.265 e. The number of amides is 2. The molecule has 0 aliphatic carbocycles. The molecule has 3 rings (SSSR count). The number of unbranched alkanes of at least 4 members (excludes halogenated alkanes) is 9. The van der Waals surface area contributed by atoms with Gasteiger partial charge >= 0.3 is 0 Å². The van der Waals surface area contributed by atoms with Gasteiger partial charge in [-0.25, -0.2) is 8.42 Å². The van der Waals surface area contributed by atoms with E-state index in [1.807, 2.05) is 0 Å². The number of halogens is 1. The molecule has 0 aromatic heterocycles. The molecule has 0 bridgehead atoms. The first-order valence-corrected chi connectivity index (χ1v) is 17.3. The van der Waals surface area contributed by atoms with Crippen molar-refractivity contribution in [2.24, 2.45) is 0 Å². The zero-order valence-corrected chi connectivity index (χ0v) is 26.8. The van der Waals surface area contributed by atoms with Gasteiger partial charge < -0.3 is 20.5 Å². The Morgan fingerprint density at radius 3 is 2.09 bits per heavy atom. The van der Waals surface area contributed by atoms with Crippen molar-refractivity contribution in [3.63, 3.8) is 0 Å². The van der Waals surface area contributed by atoms with Gasteiger partial charge in [-0.2, -0.15) is 0 Å². The summed E-state index contributed by atoms with van der Waals surface area (Å²) in [5.41, 5.74) is 0.304. The number of carbonyl (C=O) groups is 2. The lowest BCUT2D eigenvalue weighted by Crippen LogP contribution is -2.33. The molecule has 3 aromatic rings. The zero-order chi connectivity index (χ0) is 31.4. The average Bonchev–Trinajstić information content (AvgIpc) is 2.95. The minimum atomic E-state index is -3.48. The average molecular weight is 631 g/mol. The summed E-state index contributed by atoms with van der Waals surface area (Å²) in [5, 5.41) is 16.8. The van der Waals surface area contributed by atoms with Gasteiger partial charge in [-0.1, -0.05) is 101 Å². The van der Waals surface area contributed by atoms with Crippen molar-refractivity contribution >= 4 is 55.4 Å². The van der Waals surface area contributed by atoms with E-state index in [9.17, 15) is 23.1 Å². The summed E-state index contributed by atoms with van der Waals surface area (Å²) in [5.74, 6) is -0.683. The quantitative estimate of drug-likeness (QED) is 0.102. The second-order valence-electron chi connectivity index (χ2n) is 11.0. The molecular weight excluding hydrogens is 588 g/mol. The molecule has 43 heavy (non-hydrogen) atoms. The molecule has 0 radical (unpaired) electrons. The molecule has 0 fully saturated rings. The number of ether oxygens (including phenoxy) is 1. The van der Waals surface area contributed by atoms with Gasteiger partial charge in [0.1, 0.15) is 11.5 Å². The molecule has 0 aliphatic rings. The lowest BCUT2D eigenvalue weighted by Gasteiger charge is -2.21. The van der Waals surface area contributed by atoms with Crippen LogP contribution in [-0.2, 0) is 19.4 Å². The summed E-state index contributed by atoms with van der Waals surface area (Å²) in [6.07, 6.45) is 12.2. The fourth-order valence-corrected chi connectivity index (χ4v) is 6.17. The van der Waals surface area contributed by atoms with Crippen LogP contribution in [0, 0.1) is 0 Å². The van der Waals surface area contributed by atoms with Gasteiger partial charge in [-0.15, -0.1) is 0 Å². The normalized spacial score (nSPS) is 12.2. The molecule has 0 saturated heterocycles. The van der Waals surface area contributed by atoms with Crippen molar-refractivity contribution in [1.82, 2.24) is 0 Å². The Balaban J connectivity index is 1.77. The van der Waals surface area contributed by atoms with Crippen LogP contribution < -0.4 is 15.4 Å². The number of rotatable bonds is 17. The van der Waals surface area contributed by atoms with E-state index in [2.05, 4.69) is 17.6 Å². The fourth-order valence-electron chi connectivity index (χ4n) is 5.05. The minimum absolute atomic E-state index is 0.131. The number of anilines is 2. The predicted molar refractivity (Wildman–Crippen MR) is 174 cm³/mol. The summed E-state index contributed by atoms with van der Waals surface area (Å²) in [4.78, 5) is 25.2. The molecule has 0 spiro atoms. The van der Waals surface area contributed by atoms with Gasteiger partial charge in [-0.05, 0) is 31.0 Å². The maximum Gasteiger partial charge on any atom is 0.265 e. The third-order valence-electron chi connectivity index (χ3n) is 7.28. The first-order chi connectivity index (χ1) is 20.5. The van der Waals surface area contributed by atoms with Crippen LogP contribution in [0.3, 0.4) is 0 Å². The Morgan fingerprint density at radius 1 is 0.860 bits per heavy atom. The topological polar surface area (TPSA) is 122 Å². The maximum absolute atomic E-state index is 13.6. The van der Waals surface area contributed by atoms with E-state index in [1.165, 1.54) is 57.6 Å². The molecule has 0 heterocycles. The Bertz CT molecular complexity index is 1510. The lowest BCUT2D eigenvalue weighted by molar-refractivity contribution is -0.123. The van der Waals surface area contributed by atoms with E-state index in [-0.39, 0.29) is 32.9 Å². The van der Waals surface area contributed by atoms with Crippen LogP contribution in [0.25, 0.3) is 10.8 Å². The molecule has 0 saturated carbocycles. The van der Waals surface area contributed by atoms with E-state index in [1.54, 1.807) is 36.4 Å². The summed E-state index contributed by atoms with van der Waals surface area (Å²) in [7, 11) is -3.48. The highest BCUT2D eigenvalue weighted by atomic mass is 35.5. The summed E-state index contributed by atoms with van der Waals surface area (Å²) in [6, 6.07) is 12.8. The number of nitrogens with one attached hydrogen (secondary N) is 2. The number of phenols is 1. The van der Waals surface area contributed by atoms with Crippen molar-refractivity contribution < 1.29 is 27.9 Å². The highest BCUT2D eigenvalue weighted by molar-refractivity contribution is 7.91. The Labute approximate surface area is 260 Å². The molecule has 3 aromatic carbocycles. The molecular formula is C33H43ClN2O6S. The SMILES string of the molecule is CCCCCCCCCCCCC(Oc1cccc2c(S(C)(=O)=O)cccc12)C(=O)Nc1cc(O)c(NC(C)=O)cc1Cl. The summed E-state index contributed by atoms with van der Waals surface area (Å²) < 4.78 is 31.1. The lowest BCUT2D eigenvalue weighted by atomic mass is 10.0. The van der Waals surface area contributed by atoms with E-state index in [0.29, 0.717) is 22.9 Å². The van der Waals surface area contributed by atoms with Gasteiger partial charge in [0.05, 0.1) is 21.3 Å². The van der Waals surface area contributed by atoms with Crippen LogP contribution >= 0.6 is 11.6 Å². The molecule has 0 aliphatic heterocycles. The number of carbonyl (C=O) groups excluding carboxylic acids is 2. The second kappa shape index (κ2) is 16.5. The number of phenolic OH excluding ortho intramolecular Hbond substituents is 1. The molecule has 2 amide bonds. The van der Waals surface area contributed by atoms with Crippen LogP contribution in [0.15, 0.2) is 53.4 Å². The van der Waals surface area contributed by atoms with Crippen LogP contribution in [0.1, 0.15) is 84.5 Å². The maximum atomic E-state index is 13.6. The highest BCUT2D eigenvalue weighted by Crippen LogP contribution is 2.35. The third kappa shape index (κ3) is 10.4. The van der Waals surface area contributed by atoms with E-state index in [0.717, 1.165) is 31.9 Å². The highest BCUT2D eigenvalue weighted by Gasteiger charge is 2.24. The predicted octanol–water partition coefficient (Wildman–Crippen LogP) is 8.26. The van der Waals surface area contributed by atoms with Gasteiger partial charge in [0.25, 0.3) is 5.91 Å². The fraction of sp³-hybridized carbons (Fsp3) is 0.455.